The Morgan fingerprint density at radius 2 is 1.72 bits per heavy atom. The van der Waals surface area contributed by atoms with Gasteiger partial charge in [0.05, 0.1) is 6.04 Å². The number of nitrogens with zero attached hydrogens (tertiary/aromatic N) is 3. The van der Waals surface area contributed by atoms with Gasteiger partial charge in [-0.05, 0) is 75.1 Å². The van der Waals surface area contributed by atoms with Gasteiger partial charge >= 0.3 is 0 Å². The molecule has 32 heavy (non-hydrogen) atoms. The van der Waals surface area contributed by atoms with Gasteiger partial charge in [-0.15, -0.1) is 0 Å². The minimum absolute atomic E-state index is 0.0328. The molecule has 0 spiro atoms. The van der Waals surface area contributed by atoms with Crippen LogP contribution in [0.5, 0.6) is 0 Å². The maximum Gasteiger partial charge on any atom is 0.239 e. The zero-order valence-corrected chi connectivity index (χ0v) is 20.1. The number of piperidine rings is 1. The number of benzene rings is 2. The number of fused-ring (bicyclic) bond motifs is 1. The van der Waals surface area contributed by atoms with E-state index in [1.807, 2.05) is 4.90 Å². The lowest BCUT2D eigenvalue weighted by Crippen LogP contribution is -2.46. The van der Waals surface area contributed by atoms with Crippen molar-refractivity contribution in [3.05, 3.63) is 48.0 Å². The summed E-state index contributed by atoms with van der Waals surface area (Å²) in [6.07, 6.45) is 3.34. The van der Waals surface area contributed by atoms with Crippen LogP contribution in [0, 0.1) is 0 Å². The van der Waals surface area contributed by atoms with Gasteiger partial charge in [0.15, 0.2) is 0 Å². The van der Waals surface area contributed by atoms with Crippen LogP contribution in [0.1, 0.15) is 45.6 Å². The number of likely N-dealkylation sites (tertiary alicyclic amines) is 2. The van der Waals surface area contributed by atoms with Crippen LogP contribution in [0.25, 0.3) is 10.8 Å². The first-order valence-corrected chi connectivity index (χ1v) is 12.6. The van der Waals surface area contributed by atoms with Crippen molar-refractivity contribution in [2.24, 2.45) is 0 Å². The number of carbonyl (C=O) groups is 1. The second-order valence-electron chi connectivity index (χ2n) is 9.45. The van der Waals surface area contributed by atoms with Gasteiger partial charge in [-0.25, -0.2) is 0 Å². The van der Waals surface area contributed by atoms with Crippen molar-refractivity contribution < 1.29 is 4.79 Å². The molecule has 5 heteroatoms. The highest BCUT2D eigenvalue weighted by atomic mass is 16.2. The Kier molecular flexibility index (Phi) is 7.82. The molecule has 0 aliphatic carbocycles. The topological polar surface area (TPSA) is 38.8 Å². The van der Waals surface area contributed by atoms with Gasteiger partial charge in [-0.2, -0.15) is 0 Å². The normalized spacial score (nSPS) is 23.1. The molecule has 2 aromatic carbocycles. The van der Waals surface area contributed by atoms with Gasteiger partial charge < -0.3 is 15.1 Å². The van der Waals surface area contributed by atoms with E-state index < -0.39 is 0 Å². The molecule has 1 N–H and O–H groups in total. The van der Waals surface area contributed by atoms with Crippen LogP contribution < -0.4 is 5.32 Å². The molecule has 4 rings (SSSR count). The Morgan fingerprint density at radius 1 is 1.00 bits per heavy atom. The number of hydrogen-bond acceptors (Lipinski definition) is 4. The Hall–Kier alpha value is -1.95. The minimum atomic E-state index is -0.0328. The van der Waals surface area contributed by atoms with E-state index in [1.165, 1.54) is 42.3 Å². The summed E-state index contributed by atoms with van der Waals surface area (Å²) in [6.45, 7) is 13.3. The maximum absolute atomic E-state index is 13.4. The second kappa shape index (κ2) is 10.8. The third-order valence-electron chi connectivity index (χ3n) is 7.47. The molecule has 2 heterocycles. The van der Waals surface area contributed by atoms with Crippen molar-refractivity contribution >= 4 is 16.7 Å². The average molecular weight is 437 g/mol. The molecule has 2 aliphatic heterocycles. The average Bonchev–Trinajstić information content (AvgIpc) is 3.22. The van der Waals surface area contributed by atoms with Gasteiger partial charge in [-0.1, -0.05) is 43.3 Å². The highest BCUT2D eigenvalue weighted by Gasteiger charge is 2.39. The van der Waals surface area contributed by atoms with Crippen LogP contribution >= 0.6 is 0 Å². The summed E-state index contributed by atoms with van der Waals surface area (Å²) in [5, 5.41) is 6.47. The van der Waals surface area contributed by atoms with Crippen LogP contribution in [-0.4, -0.2) is 78.0 Å². The molecule has 2 atom stereocenters. The van der Waals surface area contributed by atoms with Crippen LogP contribution in [0.3, 0.4) is 0 Å². The molecule has 0 unspecified atom stereocenters. The molecule has 2 aliphatic rings. The van der Waals surface area contributed by atoms with Crippen molar-refractivity contribution in [1.82, 2.24) is 20.0 Å². The van der Waals surface area contributed by atoms with E-state index in [2.05, 4.69) is 78.4 Å². The highest BCUT2D eigenvalue weighted by molar-refractivity contribution is 5.83. The number of hydrogen-bond donors (Lipinski definition) is 1. The largest absolute Gasteiger partial charge is 0.342 e. The molecule has 0 bridgehead atoms. The summed E-state index contributed by atoms with van der Waals surface area (Å²) in [5.41, 5.74) is 1.29. The second-order valence-corrected chi connectivity index (χ2v) is 9.45. The lowest BCUT2D eigenvalue weighted by molar-refractivity contribution is -0.135. The summed E-state index contributed by atoms with van der Waals surface area (Å²) in [6, 6.07) is 16.2. The third kappa shape index (κ3) is 5.33. The molecule has 5 nitrogen and oxygen atoms in total. The maximum atomic E-state index is 13.4. The predicted octanol–water partition coefficient (Wildman–Crippen LogP) is 3.73. The Bertz CT molecular complexity index is 888. The van der Waals surface area contributed by atoms with Gasteiger partial charge in [0.2, 0.25) is 5.91 Å². The van der Waals surface area contributed by atoms with Crippen LogP contribution in [0.2, 0.25) is 0 Å². The molecule has 2 saturated heterocycles. The fourth-order valence-electron chi connectivity index (χ4n) is 5.52. The van der Waals surface area contributed by atoms with Gasteiger partial charge in [0.25, 0.3) is 0 Å². The molecule has 1 amide bonds. The Balaban J connectivity index is 1.47. The number of rotatable bonds is 8. The first-order chi connectivity index (χ1) is 15.6. The summed E-state index contributed by atoms with van der Waals surface area (Å²) < 4.78 is 0. The van der Waals surface area contributed by atoms with Crippen molar-refractivity contribution in [2.45, 2.75) is 64.7 Å². The van der Waals surface area contributed by atoms with Crippen molar-refractivity contribution in [2.75, 3.05) is 39.3 Å². The molecule has 0 radical (unpaired) electrons. The highest BCUT2D eigenvalue weighted by Crippen LogP contribution is 2.25. The van der Waals surface area contributed by atoms with E-state index in [-0.39, 0.29) is 6.04 Å². The monoisotopic (exact) mass is 436 g/mol. The lowest BCUT2D eigenvalue weighted by atomic mass is 10.0. The number of nitrogens with one attached hydrogen (secondary N) is 1. The van der Waals surface area contributed by atoms with Crippen LogP contribution in [0.15, 0.2) is 42.5 Å². The van der Waals surface area contributed by atoms with E-state index in [0.717, 1.165) is 39.1 Å². The fraction of sp³-hybridized carbons (Fsp3) is 0.593. The van der Waals surface area contributed by atoms with Gasteiger partial charge in [-0.3, -0.25) is 9.69 Å². The Labute approximate surface area is 193 Å². The molecule has 2 fully saturated rings. The smallest absolute Gasteiger partial charge is 0.239 e. The quantitative estimate of drug-likeness (QED) is 0.685. The molecule has 0 aromatic heterocycles. The van der Waals surface area contributed by atoms with E-state index in [1.54, 1.807) is 0 Å². The van der Waals surface area contributed by atoms with E-state index in [9.17, 15) is 4.79 Å². The van der Waals surface area contributed by atoms with E-state index in [4.69, 9.17) is 0 Å². The molecular weight excluding hydrogens is 396 g/mol. The van der Waals surface area contributed by atoms with Crippen LogP contribution in [0.4, 0.5) is 0 Å². The third-order valence-corrected chi connectivity index (χ3v) is 7.47. The van der Waals surface area contributed by atoms with Crippen LogP contribution in [-0.2, 0) is 11.3 Å². The first kappa shape index (κ1) is 23.2. The first-order valence-electron chi connectivity index (χ1n) is 12.6. The SMILES string of the molecule is CCN1CCC(N[C@@H]2C[C@@H](C(=O)N(CC)CC)N(Cc3ccc4ccccc4c3)C2)CC1. The molecule has 2 aromatic rings. The minimum Gasteiger partial charge on any atom is -0.342 e. The number of likely N-dealkylation sites (N-methyl/N-ethyl adjacent to an activating group) is 1. The Morgan fingerprint density at radius 3 is 2.41 bits per heavy atom. The molecule has 0 saturated carbocycles. The predicted molar refractivity (Wildman–Crippen MR) is 133 cm³/mol. The zero-order valence-electron chi connectivity index (χ0n) is 20.1. The summed E-state index contributed by atoms with van der Waals surface area (Å²) >= 11 is 0. The lowest BCUT2D eigenvalue weighted by Gasteiger charge is -2.33. The number of amides is 1. The van der Waals surface area contributed by atoms with Gasteiger partial charge in [0, 0.05) is 38.3 Å². The van der Waals surface area contributed by atoms with Crippen molar-refractivity contribution in [3.8, 4) is 0 Å². The standard InChI is InChI=1S/C27H40N4O/c1-4-29-15-13-24(14-16-29)28-25-18-26(27(32)30(5-2)6-3)31(20-25)19-21-11-12-22-9-7-8-10-23(22)17-21/h7-12,17,24-26,28H,4-6,13-16,18-20H2,1-3H3/t25-,26+/m1/s1. The van der Waals surface area contributed by atoms with E-state index >= 15 is 0 Å². The summed E-state index contributed by atoms with van der Waals surface area (Å²) in [4.78, 5) is 20.3. The van der Waals surface area contributed by atoms with Crippen molar-refractivity contribution in [1.29, 1.82) is 0 Å². The number of carbonyl (C=O) groups excluding carboxylic acids is 1. The molecular formula is C27H40N4O. The van der Waals surface area contributed by atoms with E-state index in [0.29, 0.717) is 18.0 Å². The molecule has 174 valence electrons. The fourth-order valence-corrected chi connectivity index (χ4v) is 5.52. The van der Waals surface area contributed by atoms with Crippen molar-refractivity contribution in [3.63, 3.8) is 0 Å². The summed E-state index contributed by atoms with van der Waals surface area (Å²) in [5.74, 6) is 0.292. The van der Waals surface area contributed by atoms with Gasteiger partial charge in [0.1, 0.15) is 0 Å². The summed E-state index contributed by atoms with van der Waals surface area (Å²) in [7, 11) is 0. The zero-order chi connectivity index (χ0) is 22.5.